The Labute approximate surface area is 209 Å². The van der Waals surface area contributed by atoms with Crippen molar-refractivity contribution < 1.29 is 18.0 Å². The van der Waals surface area contributed by atoms with Crippen molar-refractivity contribution in [3.05, 3.63) is 78.4 Å². The first-order valence-corrected chi connectivity index (χ1v) is 13.9. The molecule has 3 aromatic rings. The number of sulfonamides is 1. The van der Waals surface area contributed by atoms with Gasteiger partial charge in [0.05, 0.1) is 16.3 Å². The van der Waals surface area contributed by atoms with Gasteiger partial charge in [-0.25, -0.2) is 8.42 Å². The zero-order chi connectivity index (χ0) is 24.4. The number of amides is 2. The van der Waals surface area contributed by atoms with Crippen LogP contribution in [0, 0.1) is 0 Å². The molecule has 0 aromatic heterocycles. The average Bonchev–Trinajstić information content (AvgIpc) is 2.89. The number of benzene rings is 3. The molecule has 2 aliphatic heterocycles. The highest BCUT2D eigenvalue weighted by molar-refractivity contribution is 8.00. The zero-order valence-corrected chi connectivity index (χ0v) is 20.6. The molecule has 2 heterocycles. The number of carbonyl (C=O) groups excluding carboxylic acids is 2. The fourth-order valence-corrected chi connectivity index (χ4v) is 6.71. The monoisotopic (exact) mass is 507 g/mol. The average molecular weight is 508 g/mol. The number of hydrogen-bond donors (Lipinski definition) is 1. The largest absolute Gasteiger partial charge is 0.322 e. The molecule has 35 heavy (non-hydrogen) atoms. The maximum atomic E-state index is 13.0. The molecule has 2 aliphatic rings. The van der Waals surface area contributed by atoms with Gasteiger partial charge in [0.2, 0.25) is 15.9 Å². The molecule has 1 N–H and O–H groups in total. The summed E-state index contributed by atoms with van der Waals surface area (Å²) in [5.74, 6) is -0.0487. The van der Waals surface area contributed by atoms with Crippen LogP contribution in [-0.2, 0) is 14.8 Å². The summed E-state index contributed by atoms with van der Waals surface area (Å²) >= 11 is 1.45. The predicted molar refractivity (Wildman–Crippen MR) is 138 cm³/mol. The standard InChI is InChI=1S/C26H25N3O4S2/c30-25-18-34-24-14-9-19(17-23(24)29(25)21-7-3-1-4-8-21)26(31)27-20-10-12-22(13-11-20)35(32,33)28-15-5-2-6-16-28/h1,3-4,7-14,17H,2,5-6,15-16,18H2,(H,27,31). The summed E-state index contributed by atoms with van der Waals surface area (Å²) in [5.41, 5.74) is 2.33. The van der Waals surface area contributed by atoms with Crippen molar-refractivity contribution >= 4 is 50.7 Å². The first-order chi connectivity index (χ1) is 16.9. The lowest BCUT2D eigenvalue weighted by Crippen LogP contribution is -2.35. The summed E-state index contributed by atoms with van der Waals surface area (Å²) in [5, 5.41) is 2.83. The van der Waals surface area contributed by atoms with E-state index in [2.05, 4.69) is 5.32 Å². The fraction of sp³-hybridized carbons (Fsp3) is 0.231. The molecule has 0 aliphatic carbocycles. The molecule has 5 rings (SSSR count). The lowest BCUT2D eigenvalue weighted by atomic mass is 10.1. The van der Waals surface area contributed by atoms with E-state index < -0.39 is 10.0 Å². The summed E-state index contributed by atoms with van der Waals surface area (Å²) in [6.07, 6.45) is 2.80. The second-order valence-corrected chi connectivity index (χ2v) is 11.4. The van der Waals surface area contributed by atoms with Crippen molar-refractivity contribution in [2.45, 2.75) is 29.1 Å². The Bertz CT molecular complexity index is 1350. The molecular weight excluding hydrogens is 482 g/mol. The van der Waals surface area contributed by atoms with Crippen LogP contribution < -0.4 is 10.2 Å². The Kier molecular flexibility index (Phi) is 6.64. The number of carbonyl (C=O) groups is 2. The highest BCUT2D eigenvalue weighted by atomic mass is 32.2. The van der Waals surface area contributed by atoms with E-state index in [9.17, 15) is 18.0 Å². The van der Waals surface area contributed by atoms with Gasteiger partial charge in [-0.1, -0.05) is 24.6 Å². The van der Waals surface area contributed by atoms with Crippen LogP contribution in [0.3, 0.4) is 0 Å². The van der Waals surface area contributed by atoms with Crippen molar-refractivity contribution in [2.75, 3.05) is 29.1 Å². The quantitative estimate of drug-likeness (QED) is 0.532. The molecule has 1 fully saturated rings. The number of nitrogens with one attached hydrogen (secondary N) is 1. The maximum Gasteiger partial charge on any atom is 0.255 e. The van der Waals surface area contributed by atoms with Gasteiger partial charge in [0.15, 0.2) is 0 Å². The van der Waals surface area contributed by atoms with E-state index >= 15 is 0 Å². The van der Waals surface area contributed by atoms with Crippen molar-refractivity contribution in [1.82, 2.24) is 4.31 Å². The van der Waals surface area contributed by atoms with Gasteiger partial charge in [0, 0.05) is 34.9 Å². The van der Waals surface area contributed by atoms with E-state index in [0.29, 0.717) is 35.8 Å². The van der Waals surface area contributed by atoms with Crippen molar-refractivity contribution in [1.29, 1.82) is 0 Å². The number of para-hydroxylation sites is 1. The number of hydrogen-bond acceptors (Lipinski definition) is 5. The van der Waals surface area contributed by atoms with Gasteiger partial charge >= 0.3 is 0 Å². The second-order valence-electron chi connectivity index (χ2n) is 8.48. The third-order valence-corrected chi connectivity index (χ3v) is 9.10. The minimum absolute atomic E-state index is 0.0447. The van der Waals surface area contributed by atoms with Crippen molar-refractivity contribution in [3.63, 3.8) is 0 Å². The van der Waals surface area contributed by atoms with E-state index in [1.165, 1.54) is 28.2 Å². The molecule has 3 aromatic carbocycles. The minimum Gasteiger partial charge on any atom is -0.322 e. The molecule has 0 bridgehead atoms. The van der Waals surface area contributed by atoms with Crippen LogP contribution in [0.15, 0.2) is 82.6 Å². The summed E-state index contributed by atoms with van der Waals surface area (Å²) in [4.78, 5) is 28.5. The van der Waals surface area contributed by atoms with E-state index in [1.54, 1.807) is 29.2 Å². The van der Waals surface area contributed by atoms with Gasteiger partial charge in [-0.2, -0.15) is 4.31 Å². The highest BCUT2D eigenvalue weighted by Crippen LogP contribution is 2.40. The molecule has 0 radical (unpaired) electrons. The molecular formula is C26H25N3O4S2. The van der Waals surface area contributed by atoms with Crippen LogP contribution in [0.4, 0.5) is 17.1 Å². The molecule has 7 nitrogen and oxygen atoms in total. The van der Waals surface area contributed by atoms with E-state index in [1.807, 2.05) is 36.4 Å². The number of thioether (sulfide) groups is 1. The number of fused-ring (bicyclic) bond motifs is 1. The van der Waals surface area contributed by atoms with Crippen molar-refractivity contribution in [2.24, 2.45) is 0 Å². The normalized spacial score (nSPS) is 16.6. The van der Waals surface area contributed by atoms with E-state index in [4.69, 9.17) is 0 Å². The highest BCUT2D eigenvalue weighted by Gasteiger charge is 2.28. The molecule has 180 valence electrons. The first-order valence-electron chi connectivity index (χ1n) is 11.5. The third-order valence-electron chi connectivity index (χ3n) is 6.14. The fourth-order valence-electron chi connectivity index (χ4n) is 4.32. The van der Waals surface area contributed by atoms with Crippen LogP contribution in [-0.4, -0.2) is 43.4 Å². The smallest absolute Gasteiger partial charge is 0.255 e. The van der Waals surface area contributed by atoms with E-state index in [0.717, 1.165) is 29.8 Å². The Hall–Kier alpha value is -3.14. The summed E-state index contributed by atoms with van der Waals surface area (Å²) < 4.78 is 27.2. The summed E-state index contributed by atoms with van der Waals surface area (Å²) in [6.45, 7) is 1.08. The zero-order valence-electron chi connectivity index (χ0n) is 19.0. The lowest BCUT2D eigenvalue weighted by Gasteiger charge is -2.29. The molecule has 2 amide bonds. The summed E-state index contributed by atoms with van der Waals surface area (Å²) in [6, 6.07) is 20.9. The van der Waals surface area contributed by atoms with E-state index in [-0.39, 0.29) is 16.7 Å². The number of rotatable bonds is 5. The van der Waals surface area contributed by atoms with Crippen LogP contribution in [0.1, 0.15) is 29.6 Å². The number of nitrogens with zero attached hydrogens (tertiary/aromatic N) is 2. The molecule has 9 heteroatoms. The lowest BCUT2D eigenvalue weighted by molar-refractivity contribution is -0.115. The Morgan fingerprint density at radius 3 is 2.31 bits per heavy atom. The molecule has 1 saturated heterocycles. The van der Waals surface area contributed by atoms with Gasteiger partial charge in [0.25, 0.3) is 5.91 Å². The maximum absolute atomic E-state index is 13.0. The van der Waals surface area contributed by atoms with Gasteiger partial charge in [0.1, 0.15) is 0 Å². The van der Waals surface area contributed by atoms with Gasteiger partial charge in [-0.05, 0) is 67.4 Å². The Balaban J connectivity index is 1.35. The van der Waals surface area contributed by atoms with Crippen LogP contribution in [0.2, 0.25) is 0 Å². The predicted octanol–water partition coefficient (Wildman–Crippen LogP) is 4.88. The topological polar surface area (TPSA) is 86.8 Å². The summed E-state index contributed by atoms with van der Waals surface area (Å²) in [7, 11) is -3.53. The van der Waals surface area contributed by atoms with Crippen LogP contribution in [0.25, 0.3) is 0 Å². The molecule has 0 saturated carbocycles. The Morgan fingerprint density at radius 2 is 1.60 bits per heavy atom. The van der Waals surface area contributed by atoms with Crippen LogP contribution >= 0.6 is 11.8 Å². The molecule has 0 spiro atoms. The number of anilines is 3. The molecule has 0 atom stereocenters. The SMILES string of the molecule is O=C(Nc1ccc(S(=O)(=O)N2CCCCC2)cc1)c1ccc2c(c1)N(c1ccccc1)C(=O)CS2. The molecule has 0 unspecified atom stereocenters. The van der Waals surface area contributed by atoms with Gasteiger partial charge in [-0.3, -0.25) is 14.5 Å². The van der Waals surface area contributed by atoms with Gasteiger partial charge in [-0.15, -0.1) is 11.8 Å². The van der Waals surface area contributed by atoms with Gasteiger partial charge < -0.3 is 5.32 Å². The van der Waals surface area contributed by atoms with Crippen molar-refractivity contribution in [3.8, 4) is 0 Å². The van der Waals surface area contributed by atoms with Crippen LogP contribution in [0.5, 0.6) is 0 Å². The minimum atomic E-state index is -3.53. The third kappa shape index (κ3) is 4.84. The Morgan fingerprint density at radius 1 is 0.886 bits per heavy atom. The second kappa shape index (κ2) is 9.85. The first kappa shape index (κ1) is 23.6. The number of piperidine rings is 1.